The summed E-state index contributed by atoms with van der Waals surface area (Å²) in [6, 6.07) is 4.28. The van der Waals surface area contributed by atoms with Gasteiger partial charge in [0.25, 0.3) is 0 Å². The van der Waals surface area contributed by atoms with Crippen molar-refractivity contribution in [2.45, 2.75) is 89.5 Å². The number of anilines is 1. The van der Waals surface area contributed by atoms with Crippen LogP contribution in [0.4, 0.5) is 10.5 Å². The second-order valence-corrected chi connectivity index (χ2v) is 10.4. The average molecular weight is 500 g/mol. The van der Waals surface area contributed by atoms with E-state index in [2.05, 4.69) is 17.6 Å². The molecule has 9 nitrogen and oxygen atoms in total. The maximum atomic E-state index is 12.6. The van der Waals surface area contributed by atoms with Crippen LogP contribution in [-0.4, -0.2) is 59.2 Å². The number of carbonyl (C=O) groups is 2. The first-order valence-corrected chi connectivity index (χ1v) is 13.3. The normalized spacial score (nSPS) is 26.0. The van der Waals surface area contributed by atoms with E-state index in [1.807, 2.05) is 13.0 Å². The van der Waals surface area contributed by atoms with Crippen molar-refractivity contribution >= 4 is 28.8 Å². The Labute approximate surface area is 211 Å². The van der Waals surface area contributed by atoms with Gasteiger partial charge in [0.1, 0.15) is 11.9 Å². The van der Waals surface area contributed by atoms with Crippen LogP contribution < -0.4 is 4.90 Å². The third-order valence-corrected chi connectivity index (χ3v) is 8.19. The molecule has 2 atom stereocenters. The zero-order valence-electron chi connectivity index (χ0n) is 21.4. The number of rotatable bonds is 5. The van der Waals surface area contributed by atoms with Gasteiger partial charge in [0, 0.05) is 30.9 Å². The highest BCUT2D eigenvalue weighted by atomic mass is 16.5. The average Bonchev–Trinajstić information content (AvgIpc) is 3.29. The molecule has 36 heavy (non-hydrogen) atoms. The Kier molecular flexibility index (Phi) is 7.21. The molecular formula is C27H37N3O6. The number of carboxylic acids is 1. The van der Waals surface area contributed by atoms with Crippen molar-refractivity contribution in [3.63, 3.8) is 0 Å². The largest absolute Gasteiger partial charge is 0.481 e. The van der Waals surface area contributed by atoms with Gasteiger partial charge in [-0.05, 0) is 77.3 Å². The minimum absolute atomic E-state index is 0.0473. The number of ether oxygens (including phenoxy) is 3. The minimum atomic E-state index is -0.702. The number of amides is 1. The molecule has 3 heterocycles. The monoisotopic (exact) mass is 499 g/mol. The fourth-order valence-electron chi connectivity index (χ4n) is 6.21. The molecule has 1 saturated heterocycles. The molecule has 0 spiro atoms. The van der Waals surface area contributed by atoms with E-state index >= 15 is 0 Å². The quantitative estimate of drug-likeness (QED) is 0.616. The summed E-state index contributed by atoms with van der Waals surface area (Å²) in [5, 5.41) is 9.50. The van der Waals surface area contributed by atoms with Crippen LogP contribution in [0.2, 0.25) is 0 Å². The summed E-state index contributed by atoms with van der Waals surface area (Å²) in [5.41, 5.74) is 3.86. The molecule has 0 bridgehead atoms. The molecule has 1 aromatic heterocycles. The van der Waals surface area contributed by atoms with Crippen molar-refractivity contribution in [1.82, 2.24) is 9.55 Å². The summed E-state index contributed by atoms with van der Waals surface area (Å²) in [5.74, 6) is -0.100. The van der Waals surface area contributed by atoms with Gasteiger partial charge in [-0.25, -0.2) is 9.78 Å². The van der Waals surface area contributed by atoms with Gasteiger partial charge in [0.15, 0.2) is 0 Å². The summed E-state index contributed by atoms with van der Waals surface area (Å²) in [7, 11) is 1.41. The smallest absolute Gasteiger partial charge is 0.414 e. The maximum Gasteiger partial charge on any atom is 0.414 e. The Hall–Kier alpha value is -2.65. The molecule has 196 valence electrons. The van der Waals surface area contributed by atoms with Gasteiger partial charge in [-0.15, -0.1) is 0 Å². The van der Waals surface area contributed by atoms with E-state index in [9.17, 15) is 14.7 Å². The Bertz CT molecular complexity index is 1120. The molecule has 1 aromatic carbocycles. The highest BCUT2D eigenvalue weighted by Gasteiger charge is 2.35. The summed E-state index contributed by atoms with van der Waals surface area (Å²) in [4.78, 5) is 31.1. The van der Waals surface area contributed by atoms with Crippen molar-refractivity contribution in [3.8, 4) is 0 Å². The van der Waals surface area contributed by atoms with Gasteiger partial charge in [0.05, 0.1) is 35.9 Å². The number of aryl methyl sites for hydroxylation is 1. The van der Waals surface area contributed by atoms with E-state index in [1.54, 1.807) is 4.90 Å². The van der Waals surface area contributed by atoms with Crippen molar-refractivity contribution < 1.29 is 28.9 Å². The summed E-state index contributed by atoms with van der Waals surface area (Å²) >= 11 is 0. The number of benzene rings is 1. The van der Waals surface area contributed by atoms with Gasteiger partial charge < -0.3 is 23.9 Å². The molecule has 0 radical (unpaired) electrons. The summed E-state index contributed by atoms with van der Waals surface area (Å²) < 4.78 is 19.4. The second kappa shape index (κ2) is 10.4. The van der Waals surface area contributed by atoms with Crippen molar-refractivity contribution in [2.75, 3.05) is 25.2 Å². The SMILES string of the molecule is COC(=O)N1c2ccc3c(nc(C(C)OC4CCOCC4)n3C3CCC(C(=O)O)CC3)c2CC[C@@H]1C. The maximum absolute atomic E-state index is 12.6. The molecule has 9 heteroatoms. The Balaban J connectivity index is 1.56. The number of carboxylic acid groups (broad SMARTS) is 1. The summed E-state index contributed by atoms with van der Waals surface area (Å²) in [6.07, 6.45) is 5.88. The van der Waals surface area contributed by atoms with Crippen LogP contribution in [0.1, 0.15) is 82.3 Å². The first-order chi connectivity index (χ1) is 17.4. The number of fused-ring (bicyclic) bond motifs is 3. The first kappa shape index (κ1) is 25.0. The molecule has 1 saturated carbocycles. The third kappa shape index (κ3) is 4.59. The number of methoxy groups -OCH3 is 1. The first-order valence-electron chi connectivity index (χ1n) is 13.3. The number of nitrogens with zero attached hydrogens (tertiary/aromatic N) is 3. The molecule has 1 amide bonds. The Morgan fingerprint density at radius 3 is 2.50 bits per heavy atom. The van der Waals surface area contributed by atoms with Crippen LogP contribution in [0.3, 0.4) is 0 Å². The fraction of sp³-hybridized carbons (Fsp3) is 0.667. The van der Waals surface area contributed by atoms with E-state index in [1.165, 1.54) is 7.11 Å². The van der Waals surface area contributed by atoms with E-state index in [-0.39, 0.29) is 36.3 Å². The zero-order valence-corrected chi connectivity index (χ0v) is 21.4. The van der Waals surface area contributed by atoms with Crippen molar-refractivity contribution in [2.24, 2.45) is 5.92 Å². The number of hydrogen-bond acceptors (Lipinski definition) is 6. The van der Waals surface area contributed by atoms with Gasteiger partial charge in [-0.2, -0.15) is 0 Å². The van der Waals surface area contributed by atoms with Crippen LogP contribution in [0.15, 0.2) is 12.1 Å². The second-order valence-electron chi connectivity index (χ2n) is 10.4. The van der Waals surface area contributed by atoms with E-state index in [0.717, 1.165) is 66.6 Å². The molecule has 2 fully saturated rings. The number of aromatic nitrogens is 2. The lowest BCUT2D eigenvalue weighted by atomic mass is 9.85. The molecule has 2 aliphatic heterocycles. The van der Waals surface area contributed by atoms with Gasteiger partial charge >= 0.3 is 12.1 Å². The lowest BCUT2D eigenvalue weighted by Crippen LogP contribution is -2.42. The Morgan fingerprint density at radius 2 is 1.83 bits per heavy atom. The molecular weight excluding hydrogens is 462 g/mol. The predicted molar refractivity (Wildman–Crippen MR) is 134 cm³/mol. The highest BCUT2D eigenvalue weighted by molar-refractivity contribution is 5.95. The van der Waals surface area contributed by atoms with E-state index < -0.39 is 5.97 Å². The third-order valence-electron chi connectivity index (χ3n) is 8.19. The molecule has 3 aliphatic rings. The number of aliphatic carboxylic acids is 1. The lowest BCUT2D eigenvalue weighted by Gasteiger charge is -2.34. The van der Waals surface area contributed by atoms with E-state index in [0.29, 0.717) is 26.1 Å². The topological polar surface area (TPSA) is 103 Å². The predicted octanol–water partition coefficient (Wildman–Crippen LogP) is 5.02. The fourth-order valence-corrected chi connectivity index (χ4v) is 6.21. The molecule has 1 N–H and O–H groups in total. The number of imidazole rings is 1. The Morgan fingerprint density at radius 1 is 1.11 bits per heavy atom. The van der Waals surface area contributed by atoms with Crippen LogP contribution in [-0.2, 0) is 25.4 Å². The van der Waals surface area contributed by atoms with Crippen LogP contribution >= 0.6 is 0 Å². The minimum Gasteiger partial charge on any atom is -0.481 e. The lowest BCUT2D eigenvalue weighted by molar-refractivity contribution is -0.143. The molecule has 1 aliphatic carbocycles. The van der Waals surface area contributed by atoms with Crippen molar-refractivity contribution in [1.29, 1.82) is 0 Å². The van der Waals surface area contributed by atoms with E-state index in [4.69, 9.17) is 19.2 Å². The number of carbonyl (C=O) groups excluding carboxylic acids is 1. The zero-order chi connectivity index (χ0) is 25.4. The van der Waals surface area contributed by atoms with Crippen molar-refractivity contribution in [3.05, 3.63) is 23.5 Å². The molecule has 5 rings (SSSR count). The van der Waals surface area contributed by atoms with Crippen LogP contribution in [0.25, 0.3) is 11.0 Å². The van der Waals surface area contributed by atoms with Crippen LogP contribution in [0.5, 0.6) is 0 Å². The van der Waals surface area contributed by atoms with Gasteiger partial charge in [0.2, 0.25) is 0 Å². The molecule has 2 aromatic rings. The highest BCUT2D eigenvalue weighted by Crippen LogP contribution is 2.42. The number of hydrogen-bond donors (Lipinski definition) is 1. The standard InChI is InChI=1S/C27H37N3O6/c1-16-4-9-21-22(29(16)27(33)34-3)10-11-23-24(21)28-25(17(2)36-20-12-14-35-15-13-20)30(23)19-7-5-18(6-8-19)26(31)32/h10-11,16-20H,4-9,12-15H2,1-3H3,(H,31,32)/t16-,17?,18?,19?/m0/s1. The van der Waals surface area contributed by atoms with Crippen LogP contribution in [0, 0.1) is 5.92 Å². The molecule has 1 unspecified atom stereocenters. The van der Waals surface area contributed by atoms with Gasteiger partial charge in [-0.3, -0.25) is 9.69 Å². The summed E-state index contributed by atoms with van der Waals surface area (Å²) in [6.45, 7) is 5.52. The van der Waals surface area contributed by atoms with Gasteiger partial charge in [-0.1, -0.05) is 0 Å².